The molecule has 0 aliphatic heterocycles. The number of methoxy groups -OCH3 is 1. The molecule has 2 heterocycles. The Balaban J connectivity index is 1.77. The Morgan fingerprint density at radius 1 is 0.871 bits per heavy atom. The van der Waals surface area contributed by atoms with Gasteiger partial charge < -0.3 is 4.74 Å². The summed E-state index contributed by atoms with van der Waals surface area (Å²) in [7, 11) is -2.45. The van der Waals surface area contributed by atoms with E-state index in [0.717, 1.165) is 14.1 Å². The molecule has 5 nitrogen and oxygen atoms in total. The molecule has 0 aliphatic rings. The van der Waals surface area contributed by atoms with Crippen LogP contribution in [-0.4, -0.2) is 25.3 Å². The van der Waals surface area contributed by atoms with Crippen molar-refractivity contribution in [3.8, 4) is 5.75 Å². The molecule has 0 radical (unpaired) electrons. The zero-order valence-electron chi connectivity index (χ0n) is 16.5. The van der Waals surface area contributed by atoms with Crippen molar-refractivity contribution in [2.75, 3.05) is 7.11 Å². The van der Waals surface area contributed by atoms with Crippen molar-refractivity contribution in [2.24, 2.45) is 0 Å². The fourth-order valence-corrected chi connectivity index (χ4v) is 6.17. The molecule has 0 amide bonds. The van der Waals surface area contributed by atoms with Crippen LogP contribution >= 0.6 is 11.3 Å². The molecule has 5 aromatic rings. The normalized spacial score (nSPS) is 11.8. The van der Waals surface area contributed by atoms with Gasteiger partial charge in [0.15, 0.2) is 0 Å². The predicted octanol–water partition coefficient (Wildman–Crippen LogP) is 5.33. The van der Waals surface area contributed by atoms with Gasteiger partial charge in [-0.3, -0.25) is 4.79 Å². The van der Waals surface area contributed by atoms with Crippen LogP contribution in [0.1, 0.15) is 15.4 Å². The van der Waals surface area contributed by atoms with E-state index in [-0.39, 0.29) is 16.4 Å². The number of hydrogen-bond acceptors (Lipinski definition) is 5. The van der Waals surface area contributed by atoms with E-state index in [1.807, 2.05) is 24.3 Å². The van der Waals surface area contributed by atoms with Crippen molar-refractivity contribution in [1.29, 1.82) is 0 Å². The highest BCUT2D eigenvalue weighted by molar-refractivity contribution is 7.90. The van der Waals surface area contributed by atoms with Gasteiger partial charge in [0, 0.05) is 10.1 Å². The monoisotopic (exact) mass is 447 g/mol. The molecule has 0 unspecified atom stereocenters. The predicted molar refractivity (Wildman–Crippen MR) is 123 cm³/mol. The van der Waals surface area contributed by atoms with Crippen LogP contribution in [0.15, 0.2) is 89.8 Å². The van der Waals surface area contributed by atoms with Crippen LogP contribution in [0.2, 0.25) is 0 Å². The number of carbonyl (C=O) groups excluding carboxylic acids is 1. The van der Waals surface area contributed by atoms with Crippen LogP contribution < -0.4 is 4.74 Å². The van der Waals surface area contributed by atoms with Gasteiger partial charge in [0.25, 0.3) is 10.0 Å². The topological polar surface area (TPSA) is 65.4 Å². The van der Waals surface area contributed by atoms with E-state index in [2.05, 4.69) is 0 Å². The molecule has 0 saturated carbocycles. The van der Waals surface area contributed by atoms with Crippen LogP contribution in [-0.2, 0) is 10.0 Å². The molecule has 5 rings (SSSR count). The van der Waals surface area contributed by atoms with Crippen molar-refractivity contribution >= 4 is 48.1 Å². The number of ether oxygens (including phenoxy) is 1. The fourth-order valence-electron chi connectivity index (χ4n) is 3.63. The molecule has 0 bridgehead atoms. The molecule has 154 valence electrons. The lowest BCUT2D eigenvalue weighted by Gasteiger charge is -2.11. The van der Waals surface area contributed by atoms with Crippen molar-refractivity contribution in [2.45, 2.75) is 4.90 Å². The zero-order valence-corrected chi connectivity index (χ0v) is 18.1. The molecule has 0 saturated heterocycles. The van der Waals surface area contributed by atoms with E-state index in [1.165, 1.54) is 23.5 Å². The number of hydrogen-bond donors (Lipinski definition) is 0. The number of ketones is 1. The van der Waals surface area contributed by atoms with Gasteiger partial charge in [-0.2, -0.15) is 0 Å². The van der Waals surface area contributed by atoms with Gasteiger partial charge in [-0.15, -0.1) is 11.3 Å². The van der Waals surface area contributed by atoms with Gasteiger partial charge in [-0.1, -0.05) is 36.4 Å². The highest BCUT2D eigenvalue weighted by Gasteiger charge is 2.28. The molecule has 0 fully saturated rings. The van der Waals surface area contributed by atoms with E-state index in [1.54, 1.807) is 55.6 Å². The SMILES string of the molecule is COc1ccc2c(c1)cc(C(=O)c1cc3ccccc3s1)n2S(=O)(=O)c1ccccc1. The van der Waals surface area contributed by atoms with E-state index in [9.17, 15) is 13.2 Å². The van der Waals surface area contributed by atoms with Gasteiger partial charge >= 0.3 is 0 Å². The Kier molecular flexibility index (Phi) is 4.64. The van der Waals surface area contributed by atoms with Crippen molar-refractivity contribution < 1.29 is 17.9 Å². The number of benzene rings is 3. The van der Waals surface area contributed by atoms with Crippen LogP contribution in [0, 0.1) is 0 Å². The van der Waals surface area contributed by atoms with Gasteiger partial charge in [-0.05, 0) is 53.9 Å². The first kappa shape index (κ1) is 19.5. The minimum absolute atomic E-state index is 0.0960. The molecule has 3 aromatic carbocycles. The first-order chi connectivity index (χ1) is 15.0. The summed E-state index contributed by atoms with van der Waals surface area (Å²) in [5.74, 6) is 0.249. The highest BCUT2D eigenvalue weighted by atomic mass is 32.2. The highest BCUT2D eigenvalue weighted by Crippen LogP contribution is 2.32. The van der Waals surface area contributed by atoms with Gasteiger partial charge in [0.1, 0.15) is 11.4 Å². The Labute approximate surface area is 183 Å². The van der Waals surface area contributed by atoms with E-state index < -0.39 is 10.0 Å². The maximum Gasteiger partial charge on any atom is 0.268 e. The van der Waals surface area contributed by atoms with Gasteiger partial charge in [-0.25, -0.2) is 12.4 Å². The summed E-state index contributed by atoms with van der Waals surface area (Å²) in [5, 5.41) is 1.56. The van der Waals surface area contributed by atoms with Crippen molar-refractivity contribution in [1.82, 2.24) is 3.97 Å². The summed E-state index contributed by atoms with van der Waals surface area (Å²) in [6.07, 6.45) is 0. The van der Waals surface area contributed by atoms with Crippen LogP contribution in [0.4, 0.5) is 0 Å². The number of nitrogens with zero attached hydrogens (tertiary/aromatic N) is 1. The average Bonchev–Trinajstić information content (AvgIpc) is 3.40. The molecular weight excluding hydrogens is 430 g/mol. The Hall–Kier alpha value is -3.42. The molecule has 0 N–H and O–H groups in total. The Morgan fingerprint density at radius 3 is 2.35 bits per heavy atom. The first-order valence-electron chi connectivity index (χ1n) is 9.52. The Bertz CT molecular complexity index is 1510. The molecule has 0 aliphatic carbocycles. The summed E-state index contributed by atoms with van der Waals surface area (Å²) in [5.41, 5.74) is 0.521. The lowest BCUT2D eigenvalue weighted by Crippen LogP contribution is -2.18. The number of rotatable bonds is 5. The lowest BCUT2D eigenvalue weighted by molar-refractivity contribution is 0.103. The molecule has 2 aromatic heterocycles. The number of carbonyl (C=O) groups is 1. The lowest BCUT2D eigenvalue weighted by atomic mass is 10.2. The quantitative estimate of drug-likeness (QED) is 0.342. The van der Waals surface area contributed by atoms with Gasteiger partial charge in [0.2, 0.25) is 5.78 Å². The minimum atomic E-state index is -4.00. The molecule has 0 atom stereocenters. The second kappa shape index (κ2) is 7.37. The molecule has 0 spiro atoms. The average molecular weight is 448 g/mol. The molecule has 31 heavy (non-hydrogen) atoms. The zero-order chi connectivity index (χ0) is 21.6. The van der Waals surface area contributed by atoms with Crippen molar-refractivity contribution in [3.63, 3.8) is 0 Å². The van der Waals surface area contributed by atoms with Crippen molar-refractivity contribution in [3.05, 3.63) is 95.5 Å². The smallest absolute Gasteiger partial charge is 0.268 e. The largest absolute Gasteiger partial charge is 0.497 e. The van der Waals surface area contributed by atoms with Crippen LogP contribution in [0.5, 0.6) is 5.75 Å². The summed E-state index contributed by atoms with van der Waals surface area (Å²) < 4.78 is 34.6. The Morgan fingerprint density at radius 2 is 1.61 bits per heavy atom. The van der Waals surface area contributed by atoms with E-state index in [4.69, 9.17) is 4.74 Å². The molecular formula is C24H17NO4S2. The third kappa shape index (κ3) is 3.22. The maximum atomic E-state index is 13.6. The standard InChI is InChI=1S/C24H17NO4S2/c1-29-18-11-12-20-17(13-18)14-21(25(20)31(27,28)19-8-3-2-4-9-19)24(26)23-15-16-7-5-6-10-22(16)30-23/h2-15H,1H3. The second-order valence-corrected chi connectivity index (χ2v) is 9.88. The summed E-state index contributed by atoms with van der Waals surface area (Å²) >= 11 is 1.35. The first-order valence-corrected chi connectivity index (χ1v) is 11.8. The third-order valence-corrected chi connectivity index (χ3v) is 7.98. The second-order valence-electron chi connectivity index (χ2n) is 7.01. The van der Waals surface area contributed by atoms with E-state index in [0.29, 0.717) is 21.5 Å². The third-order valence-electron chi connectivity index (χ3n) is 5.13. The maximum absolute atomic E-state index is 13.6. The van der Waals surface area contributed by atoms with Gasteiger partial charge in [0.05, 0.1) is 22.4 Å². The number of thiophene rings is 1. The summed E-state index contributed by atoms with van der Waals surface area (Å²) in [6, 6.07) is 24.3. The fraction of sp³-hybridized carbons (Fsp3) is 0.0417. The number of aromatic nitrogens is 1. The molecule has 7 heteroatoms. The van der Waals surface area contributed by atoms with Crippen LogP contribution in [0.25, 0.3) is 21.0 Å². The van der Waals surface area contributed by atoms with Crippen LogP contribution in [0.3, 0.4) is 0 Å². The number of fused-ring (bicyclic) bond motifs is 2. The summed E-state index contributed by atoms with van der Waals surface area (Å²) in [6.45, 7) is 0. The minimum Gasteiger partial charge on any atom is -0.497 e. The summed E-state index contributed by atoms with van der Waals surface area (Å²) in [4.78, 5) is 14.1. The van der Waals surface area contributed by atoms with E-state index >= 15 is 0 Å².